The number of carbonyl (C=O) groups excluding carboxylic acids is 2. The van der Waals surface area contributed by atoms with Crippen molar-refractivity contribution in [1.82, 2.24) is 15.1 Å². The lowest BCUT2D eigenvalue weighted by Crippen LogP contribution is -2.63. The number of nitrogens with zero attached hydrogens (tertiary/aromatic N) is 3. The second-order valence-electron chi connectivity index (χ2n) is 6.05. The topological polar surface area (TPSA) is 92.7 Å². The fourth-order valence-corrected chi connectivity index (χ4v) is 3.14. The normalized spacial score (nSPS) is 27.3. The summed E-state index contributed by atoms with van der Waals surface area (Å²) in [7, 11) is 3.21. The molecule has 25 heavy (non-hydrogen) atoms. The molecule has 2 saturated heterocycles. The summed E-state index contributed by atoms with van der Waals surface area (Å²) in [6, 6.07) is 6.65. The molecular weight excluding hydrogens is 328 g/mol. The lowest BCUT2D eigenvalue weighted by molar-refractivity contribution is -0.127. The van der Waals surface area contributed by atoms with Crippen LogP contribution in [0.4, 0.5) is 4.79 Å². The zero-order valence-corrected chi connectivity index (χ0v) is 13.8. The number of fused-ring (bicyclic) bond motifs is 3. The number of amides is 3. The third-order valence-electron chi connectivity index (χ3n) is 4.49. The molecule has 3 unspecified atom stereocenters. The SMILES string of the molecule is COc1ccc(OCC2CN3C(=NC4C3C(=O)NC(=O)N4C)O2)cc1. The summed E-state index contributed by atoms with van der Waals surface area (Å²) >= 11 is 0. The van der Waals surface area contributed by atoms with Crippen LogP contribution in [-0.4, -0.2) is 73.4 Å². The summed E-state index contributed by atoms with van der Waals surface area (Å²) < 4.78 is 16.6. The first-order valence-corrected chi connectivity index (χ1v) is 7.92. The van der Waals surface area contributed by atoms with Gasteiger partial charge in [0.05, 0.1) is 13.7 Å². The van der Waals surface area contributed by atoms with Gasteiger partial charge in [-0.2, -0.15) is 0 Å². The minimum absolute atomic E-state index is 0.238. The Kier molecular flexibility index (Phi) is 3.63. The molecule has 9 heteroatoms. The van der Waals surface area contributed by atoms with Gasteiger partial charge in [-0.15, -0.1) is 0 Å². The standard InChI is InChI=1S/C16H18N4O5/c1-19-13-12(14(21)18-15(19)22)20-7-11(25-16(20)17-13)8-24-10-5-3-9(23-2)4-6-10/h3-6,11-13H,7-8H2,1-2H3,(H,18,21,22). The van der Waals surface area contributed by atoms with Gasteiger partial charge in [-0.3, -0.25) is 10.1 Å². The largest absolute Gasteiger partial charge is 0.497 e. The van der Waals surface area contributed by atoms with Crippen molar-refractivity contribution < 1.29 is 23.8 Å². The maximum absolute atomic E-state index is 12.1. The molecular formula is C16H18N4O5. The fourth-order valence-electron chi connectivity index (χ4n) is 3.14. The number of urea groups is 1. The van der Waals surface area contributed by atoms with Crippen LogP contribution in [0.3, 0.4) is 0 Å². The number of benzene rings is 1. The number of rotatable bonds is 4. The van der Waals surface area contributed by atoms with Gasteiger partial charge in [0.25, 0.3) is 11.9 Å². The van der Waals surface area contributed by atoms with Gasteiger partial charge in [-0.1, -0.05) is 0 Å². The highest BCUT2D eigenvalue weighted by Gasteiger charge is 2.52. The molecule has 4 rings (SSSR count). The molecule has 1 N–H and O–H groups in total. The molecule has 132 valence electrons. The Bertz CT molecular complexity index is 735. The monoisotopic (exact) mass is 346 g/mol. The number of amidine groups is 1. The molecule has 9 nitrogen and oxygen atoms in total. The molecule has 3 amide bonds. The van der Waals surface area contributed by atoms with Crippen molar-refractivity contribution in [3.8, 4) is 11.5 Å². The van der Waals surface area contributed by atoms with Crippen LogP contribution in [0.5, 0.6) is 11.5 Å². The number of carbonyl (C=O) groups is 2. The summed E-state index contributed by atoms with van der Waals surface area (Å²) in [5.41, 5.74) is 0. The van der Waals surface area contributed by atoms with Gasteiger partial charge in [-0.25, -0.2) is 9.79 Å². The molecule has 3 aliphatic rings. The number of hydrogen-bond acceptors (Lipinski definition) is 7. The van der Waals surface area contributed by atoms with Crippen molar-refractivity contribution in [3.63, 3.8) is 0 Å². The van der Waals surface area contributed by atoms with Gasteiger partial charge in [0.2, 0.25) is 0 Å². The minimum Gasteiger partial charge on any atom is -0.497 e. The third kappa shape index (κ3) is 2.61. The molecule has 0 aliphatic carbocycles. The Balaban J connectivity index is 1.40. The van der Waals surface area contributed by atoms with Gasteiger partial charge < -0.3 is 24.0 Å². The molecule has 1 aromatic rings. The number of likely N-dealkylation sites (N-methyl/N-ethyl adjacent to an activating group) is 1. The Hall–Kier alpha value is -2.97. The van der Waals surface area contributed by atoms with Crippen molar-refractivity contribution in [1.29, 1.82) is 0 Å². The van der Waals surface area contributed by atoms with Crippen LogP contribution in [0.25, 0.3) is 0 Å². The second-order valence-corrected chi connectivity index (χ2v) is 6.05. The lowest BCUT2D eigenvalue weighted by atomic mass is 10.1. The quantitative estimate of drug-likeness (QED) is 0.826. The fraction of sp³-hybridized carbons (Fsp3) is 0.438. The van der Waals surface area contributed by atoms with Crippen LogP contribution in [0.15, 0.2) is 29.3 Å². The number of hydrogen-bond donors (Lipinski definition) is 1. The van der Waals surface area contributed by atoms with E-state index in [2.05, 4.69) is 10.3 Å². The Morgan fingerprint density at radius 1 is 1.28 bits per heavy atom. The summed E-state index contributed by atoms with van der Waals surface area (Å²) in [4.78, 5) is 31.4. The van der Waals surface area contributed by atoms with E-state index in [4.69, 9.17) is 14.2 Å². The van der Waals surface area contributed by atoms with Gasteiger partial charge in [0, 0.05) is 7.05 Å². The minimum atomic E-state index is -0.552. The van der Waals surface area contributed by atoms with Crippen LogP contribution in [-0.2, 0) is 9.53 Å². The van der Waals surface area contributed by atoms with Gasteiger partial charge in [0.1, 0.15) is 18.1 Å². The van der Waals surface area contributed by atoms with Gasteiger partial charge in [0.15, 0.2) is 18.3 Å². The highest BCUT2D eigenvalue weighted by molar-refractivity contribution is 6.03. The maximum atomic E-state index is 12.1. The predicted octanol–water partition coefficient (Wildman–Crippen LogP) is 0.0207. The zero-order valence-electron chi connectivity index (χ0n) is 13.8. The smallest absolute Gasteiger partial charge is 0.325 e. The molecule has 0 radical (unpaired) electrons. The average Bonchev–Trinajstić information content (AvgIpc) is 3.16. The number of aliphatic imine (C=N–C) groups is 1. The first-order chi connectivity index (χ1) is 12.1. The van der Waals surface area contributed by atoms with E-state index >= 15 is 0 Å². The van der Waals surface area contributed by atoms with E-state index < -0.39 is 18.2 Å². The van der Waals surface area contributed by atoms with Crippen LogP contribution in [0, 0.1) is 0 Å². The van der Waals surface area contributed by atoms with Crippen molar-refractivity contribution in [2.75, 3.05) is 27.3 Å². The molecule has 1 aromatic carbocycles. The highest BCUT2D eigenvalue weighted by Crippen LogP contribution is 2.29. The summed E-state index contributed by atoms with van der Waals surface area (Å²) in [5.74, 6) is 1.11. The number of methoxy groups -OCH3 is 1. The first-order valence-electron chi connectivity index (χ1n) is 7.92. The molecule has 3 atom stereocenters. The van der Waals surface area contributed by atoms with E-state index in [1.165, 1.54) is 4.90 Å². The lowest BCUT2D eigenvalue weighted by Gasteiger charge is -2.34. The van der Waals surface area contributed by atoms with Crippen molar-refractivity contribution in [3.05, 3.63) is 24.3 Å². The van der Waals surface area contributed by atoms with Crippen molar-refractivity contribution in [2.45, 2.75) is 18.3 Å². The summed E-state index contributed by atoms with van der Waals surface area (Å²) in [5, 5.41) is 2.33. The van der Waals surface area contributed by atoms with Gasteiger partial charge >= 0.3 is 6.03 Å². The molecule has 2 fully saturated rings. The van der Waals surface area contributed by atoms with Gasteiger partial charge in [-0.05, 0) is 24.3 Å². The first kappa shape index (κ1) is 15.6. The molecule has 0 saturated carbocycles. The van der Waals surface area contributed by atoms with E-state index in [0.29, 0.717) is 24.9 Å². The van der Waals surface area contributed by atoms with Crippen LogP contribution >= 0.6 is 0 Å². The summed E-state index contributed by atoms with van der Waals surface area (Å²) in [6.07, 6.45) is -0.780. The van der Waals surface area contributed by atoms with Crippen molar-refractivity contribution >= 4 is 18.0 Å². The number of ether oxygens (including phenoxy) is 3. The molecule has 0 spiro atoms. The number of nitrogens with one attached hydrogen (secondary N) is 1. The van der Waals surface area contributed by atoms with Crippen molar-refractivity contribution in [2.24, 2.45) is 4.99 Å². The van der Waals surface area contributed by atoms with Crippen LogP contribution in [0.2, 0.25) is 0 Å². The maximum Gasteiger partial charge on any atom is 0.325 e. The molecule has 0 aromatic heterocycles. The van der Waals surface area contributed by atoms with E-state index in [1.54, 1.807) is 19.1 Å². The molecule has 3 heterocycles. The van der Waals surface area contributed by atoms with E-state index in [-0.39, 0.29) is 12.0 Å². The number of imide groups is 1. The van der Waals surface area contributed by atoms with E-state index in [0.717, 1.165) is 5.75 Å². The molecule has 3 aliphatic heterocycles. The Labute approximate surface area is 144 Å². The second kappa shape index (κ2) is 5.83. The Morgan fingerprint density at radius 2 is 2.00 bits per heavy atom. The van der Waals surface area contributed by atoms with E-state index in [9.17, 15) is 9.59 Å². The van der Waals surface area contributed by atoms with E-state index in [1.807, 2.05) is 24.3 Å². The molecule has 0 bridgehead atoms. The highest BCUT2D eigenvalue weighted by atomic mass is 16.6. The summed E-state index contributed by atoms with van der Waals surface area (Å²) in [6.45, 7) is 0.807. The Morgan fingerprint density at radius 3 is 2.72 bits per heavy atom. The van der Waals surface area contributed by atoms with Crippen LogP contribution < -0.4 is 14.8 Å². The van der Waals surface area contributed by atoms with Crippen LogP contribution in [0.1, 0.15) is 0 Å². The zero-order chi connectivity index (χ0) is 17.6. The predicted molar refractivity (Wildman–Crippen MR) is 86.4 cm³/mol. The average molecular weight is 346 g/mol. The third-order valence-corrected chi connectivity index (χ3v) is 4.49.